The standard InChI is InChI=1S/C14H22O/c1-9-4-5-11-12(15)13(2,3)10-6-7-14(9,11)8-10/h9-11H,4-8H2,1-3H3/t9-,10+,11+,14-/m0/s1. The molecule has 0 heterocycles. The molecule has 0 unspecified atom stereocenters. The fraction of sp³-hybridized carbons (Fsp3) is 0.929. The second-order valence-electron chi connectivity index (χ2n) is 6.79. The van der Waals surface area contributed by atoms with Crippen molar-refractivity contribution >= 4 is 5.78 Å². The van der Waals surface area contributed by atoms with E-state index in [1.54, 1.807) is 0 Å². The van der Waals surface area contributed by atoms with Crippen LogP contribution in [0.2, 0.25) is 0 Å². The molecule has 15 heavy (non-hydrogen) atoms. The molecule has 0 N–H and O–H groups in total. The Labute approximate surface area is 92.6 Å². The number of Topliss-reactive ketones (excluding diaryl/α,β-unsaturated/α-hetero) is 1. The predicted octanol–water partition coefficient (Wildman–Crippen LogP) is 3.43. The van der Waals surface area contributed by atoms with Gasteiger partial charge in [0.1, 0.15) is 5.78 Å². The highest BCUT2D eigenvalue weighted by Crippen LogP contribution is 2.66. The van der Waals surface area contributed by atoms with Gasteiger partial charge in [-0.2, -0.15) is 0 Å². The number of hydrogen-bond acceptors (Lipinski definition) is 1. The first-order valence-corrected chi connectivity index (χ1v) is 6.53. The molecule has 0 aromatic rings. The third-order valence-corrected chi connectivity index (χ3v) is 6.12. The number of carbonyl (C=O) groups excluding carboxylic acids is 1. The Kier molecular flexibility index (Phi) is 1.76. The predicted molar refractivity (Wildman–Crippen MR) is 60.5 cm³/mol. The molecule has 3 aliphatic rings. The lowest BCUT2D eigenvalue weighted by Gasteiger charge is -2.45. The van der Waals surface area contributed by atoms with E-state index in [-0.39, 0.29) is 5.41 Å². The first-order chi connectivity index (χ1) is 6.98. The molecule has 3 aliphatic carbocycles. The van der Waals surface area contributed by atoms with Crippen molar-refractivity contribution in [2.24, 2.45) is 28.6 Å². The van der Waals surface area contributed by atoms with E-state index in [1.165, 1.54) is 32.1 Å². The van der Waals surface area contributed by atoms with Gasteiger partial charge in [-0.3, -0.25) is 4.79 Å². The van der Waals surface area contributed by atoms with Crippen molar-refractivity contribution < 1.29 is 4.79 Å². The monoisotopic (exact) mass is 206 g/mol. The molecule has 0 aromatic carbocycles. The topological polar surface area (TPSA) is 17.1 Å². The number of carbonyl (C=O) groups is 1. The highest BCUT2D eigenvalue weighted by molar-refractivity contribution is 5.89. The minimum atomic E-state index is -0.0191. The summed E-state index contributed by atoms with van der Waals surface area (Å²) in [5.74, 6) is 2.50. The van der Waals surface area contributed by atoms with Gasteiger partial charge in [0.05, 0.1) is 0 Å². The van der Waals surface area contributed by atoms with Crippen molar-refractivity contribution in [1.82, 2.24) is 0 Å². The van der Waals surface area contributed by atoms with Crippen molar-refractivity contribution in [3.8, 4) is 0 Å². The fourth-order valence-corrected chi connectivity index (χ4v) is 4.86. The summed E-state index contributed by atoms with van der Waals surface area (Å²) in [6.45, 7) is 6.77. The van der Waals surface area contributed by atoms with E-state index in [9.17, 15) is 4.79 Å². The first kappa shape index (κ1) is 9.86. The summed E-state index contributed by atoms with van der Waals surface area (Å²) in [4.78, 5) is 12.5. The van der Waals surface area contributed by atoms with Crippen LogP contribution in [0.1, 0.15) is 52.9 Å². The Morgan fingerprint density at radius 3 is 2.67 bits per heavy atom. The van der Waals surface area contributed by atoms with E-state index in [0.717, 1.165) is 5.92 Å². The minimum absolute atomic E-state index is 0.0191. The van der Waals surface area contributed by atoms with Crippen molar-refractivity contribution in [3.63, 3.8) is 0 Å². The van der Waals surface area contributed by atoms with Gasteiger partial charge in [-0.1, -0.05) is 20.8 Å². The van der Waals surface area contributed by atoms with Crippen LogP contribution in [0, 0.1) is 28.6 Å². The lowest BCUT2D eigenvalue weighted by atomic mass is 9.58. The maximum Gasteiger partial charge on any atom is 0.142 e. The summed E-state index contributed by atoms with van der Waals surface area (Å²) in [5, 5.41) is 0. The van der Waals surface area contributed by atoms with E-state index in [2.05, 4.69) is 20.8 Å². The molecule has 84 valence electrons. The van der Waals surface area contributed by atoms with Crippen LogP contribution in [0.4, 0.5) is 0 Å². The molecule has 3 saturated carbocycles. The van der Waals surface area contributed by atoms with Crippen LogP contribution in [0.15, 0.2) is 0 Å². The zero-order chi connectivity index (χ0) is 10.8. The van der Waals surface area contributed by atoms with Crippen molar-refractivity contribution in [3.05, 3.63) is 0 Å². The SMILES string of the molecule is C[C@H]1CC[C@@H]2C(=O)C(C)(C)[C@@H]3CC[C@@]21C3. The van der Waals surface area contributed by atoms with E-state index >= 15 is 0 Å². The second-order valence-corrected chi connectivity index (χ2v) is 6.79. The third-order valence-electron chi connectivity index (χ3n) is 6.12. The average molecular weight is 206 g/mol. The average Bonchev–Trinajstić information content (AvgIpc) is 2.72. The number of fused-ring (bicyclic) bond motifs is 1. The Morgan fingerprint density at radius 2 is 1.93 bits per heavy atom. The van der Waals surface area contributed by atoms with E-state index < -0.39 is 0 Å². The summed E-state index contributed by atoms with van der Waals surface area (Å²) in [6.07, 6.45) is 6.45. The van der Waals surface area contributed by atoms with Crippen LogP contribution in [0.3, 0.4) is 0 Å². The first-order valence-electron chi connectivity index (χ1n) is 6.53. The van der Waals surface area contributed by atoms with Crippen LogP contribution in [0.5, 0.6) is 0 Å². The van der Waals surface area contributed by atoms with Crippen LogP contribution in [0.25, 0.3) is 0 Å². The van der Waals surface area contributed by atoms with Crippen molar-refractivity contribution in [2.75, 3.05) is 0 Å². The Morgan fingerprint density at radius 1 is 1.20 bits per heavy atom. The zero-order valence-electron chi connectivity index (χ0n) is 10.2. The van der Waals surface area contributed by atoms with Gasteiger partial charge in [0, 0.05) is 11.3 Å². The number of ketones is 1. The van der Waals surface area contributed by atoms with E-state index in [1.807, 2.05) is 0 Å². The molecule has 0 radical (unpaired) electrons. The van der Waals surface area contributed by atoms with Crippen LogP contribution < -0.4 is 0 Å². The molecule has 1 spiro atoms. The van der Waals surface area contributed by atoms with Gasteiger partial charge in [0.25, 0.3) is 0 Å². The molecule has 2 bridgehead atoms. The number of rotatable bonds is 0. The molecule has 3 rings (SSSR count). The van der Waals surface area contributed by atoms with Gasteiger partial charge in [-0.15, -0.1) is 0 Å². The van der Waals surface area contributed by atoms with Gasteiger partial charge in [0.15, 0.2) is 0 Å². The Balaban J connectivity index is 2.07. The summed E-state index contributed by atoms with van der Waals surface area (Å²) in [6, 6.07) is 0. The third kappa shape index (κ3) is 0.976. The van der Waals surface area contributed by atoms with Gasteiger partial charge < -0.3 is 0 Å². The Hall–Kier alpha value is -0.330. The lowest BCUT2D eigenvalue weighted by Crippen LogP contribution is -2.46. The molecular formula is C14H22O. The molecule has 3 fully saturated rings. The van der Waals surface area contributed by atoms with Gasteiger partial charge in [0.2, 0.25) is 0 Å². The largest absolute Gasteiger partial charge is 0.299 e. The van der Waals surface area contributed by atoms with Crippen molar-refractivity contribution in [2.45, 2.75) is 52.9 Å². The van der Waals surface area contributed by atoms with Crippen LogP contribution >= 0.6 is 0 Å². The smallest absolute Gasteiger partial charge is 0.142 e. The maximum atomic E-state index is 12.5. The highest BCUT2D eigenvalue weighted by Gasteiger charge is 2.63. The summed E-state index contributed by atoms with van der Waals surface area (Å²) in [5.41, 5.74) is 0.423. The molecule has 0 aliphatic heterocycles. The fourth-order valence-electron chi connectivity index (χ4n) is 4.86. The van der Waals surface area contributed by atoms with Gasteiger partial charge in [-0.05, 0) is 49.4 Å². The summed E-state index contributed by atoms with van der Waals surface area (Å²) in [7, 11) is 0. The van der Waals surface area contributed by atoms with Gasteiger partial charge in [-0.25, -0.2) is 0 Å². The van der Waals surface area contributed by atoms with Crippen LogP contribution in [-0.2, 0) is 4.79 Å². The highest BCUT2D eigenvalue weighted by atomic mass is 16.1. The zero-order valence-corrected chi connectivity index (χ0v) is 10.2. The van der Waals surface area contributed by atoms with Crippen molar-refractivity contribution in [1.29, 1.82) is 0 Å². The minimum Gasteiger partial charge on any atom is -0.299 e. The molecule has 0 aromatic heterocycles. The molecule has 0 saturated heterocycles. The molecule has 1 nitrogen and oxygen atoms in total. The molecule has 1 heteroatoms. The quantitative estimate of drug-likeness (QED) is 0.593. The summed E-state index contributed by atoms with van der Waals surface area (Å²) >= 11 is 0. The molecule has 0 amide bonds. The lowest BCUT2D eigenvalue weighted by molar-refractivity contribution is -0.142. The number of hydrogen-bond donors (Lipinski definition) is 0. The molecule has 4 atom stereocenters. The van der Waals surface area contributed by atoms with Gasteiger partial charge >= 0.3 is 0 Å². The molecular weight excluding hydrogens is 184 g/mol. The second kappa shape index (κ2) is 2.67. The Bertz CT molecular complexity index is 317. The van der Waals surface area contributed by atoms with E-state index in [4.69, 9.17) is 0 Å². The normalized spacial score (nSPS) is 51.9. The maximum absolute atomic E-state index is 12.5. The summed E-state index contributed by atoms with van der Waals surface area (Å²) < 4.78 is 0. The van der Waals surface area contributed by atoms with E-state index in [0.29, 0.717) is 23.0 Å². The van der Waals surface area contributed by atoms with Crippen LogP contribution in [-0.4, -0.2) is 5.78 Å².